The number of hydrogen-bond donors (Lipinski definition) is 0. The zero-order chi connectivity index (χ0) is 19.9. The number of hydrogen-bond acceptors (Lipinski definition) is 0. The van der Waals surface area contributed by atoms with Crippen molar-refractivity contribution >= 4 is 5.69 Å². The van der Waals surface area contributed by atoms with Gasteiger partial charge in [-0.2, -0.15) is 5.92 Å². The van der Waals surface area contributed by atoms with Gasteiger partial charge < -0.3 is 12.2 Å². The normalized spacial score (nSPS) is 16.9. The molecule has 2 atom stereocenters. The molecule has 0 aromatic heterocycles. The standard InChI is InChI=1S/C17H19N.2C5H10.Zr/c1-3-14(2)17(15-10-6-4-7-11-15)18-16-12-8-5-9-13-16;2*1-2-4-5-3-1;/h4-14,17H,2-3H2,1H3;2*1-5H2;/q-2;;;+4/t14-,17+;;;/m1.../s1. The molecule has 2 heteroatoms. The molecule has 2 aliphatic carbocycles. The molecule has 4 rings (SSSR count). The molecule has 29 heavy (non-hydrogen) atoms. The summed E-state index contributed by atoms with van der Waals surface area (Å²) >= 11 is 0. The Kier molecular flexibility index (Phi) is 15.2. The monoisotopic (exact) mass is 467 g/mol. The smallest absolute Gasteiger partial charge is 0.680 e. The third-order valence-corrected chi connectivity index (χ3v) is 5.66. The van der Waals surface area contributed by atoms with Crippen molar-refractivity contribution in [2.45, 2.75) is 83.6 Å². The number of para-hydroxylation sites is 1. The first-order valence-electron chi connectivity index (χ1n) is 11.4. The Morgan fingerprint density at radius 3 is 1.45 bits per heavy atom. The minimum absolute atomic E-state index is 0. The molecule has 0 spiro atoms. The van der Waals surface area contributed by atoms with Crippen LogP contribution in [0.4, 0.5) is 5.69 Å². The second-order valence-corrected chi connectivity index (χ2v) is 8.02. The van der Waals surface area contributed by atoms with E-state index in [4.69, 9.17) is 5.32 Å². The average molecular weight is 469 g/mol. The van der Waals surface area contributed by atoms with Crippen molar-refractivity contribution in [1.29, 1.82) is 0 Å². The summed E-state index contributed by atoms with van der Waals surface area (Å²) in [5.74, 6) is 0.299. The van der Waals surface area contributed by atoms with Crippen molar-refractivity contribution in [3.63, 3.8) is 0 Å². The number of benzene rings is 2. The summed E-state index contributed by atoms with van der Waals surface area (Å²) in [7, 11) is 0. The Labute approximate surface area is 199 Å². The number of rotatable bonds is 5. The van der Waals surface area contributed by atoms with E-state index < -0.39 is 0 Å². The van der Waals surface area contributed by atoms with E-state index in [9.17, 15) is 0 Å². The molecule has 0 radical (unpaired) electrons. The molecule has 0 saturated heterocycles. The quantitative estimate of drug-likeness (QED) is 0.388. The van der Waals surface area contributed by atoms with Gasteiger partial charge in [-0.1, -0.05) is 144 Å². The van der Waals surface area contributed by atoms with Crippen LogP contribution in [0.5, 0.6) is 0 Å². The van der Waals surface area contributed by atoms with Crippen molar-refractivity contribution in [3.05, 3.63) is 78.5 Å². The fourth-order valence-electron chi connectivity index (χ4n) is 3.77. The first kappa shape index (κ1) is 26.2. The van der Waals surface area contributed by atoms with Gasteiger partial charge in [0.15, 0.2) is 0 Å². The molecule has 1 nitrogen and oxygen atoms in total. The first-order chi connectivity index (χ1) is 13.8. The maximum absolute atomic E-state index is 4.84. The molecule has 0 bridgehead atoms. The molecule has 2 aromatic rings. The third kappa shape index (κ3) is 11.2. The molecule has 2 fully saturated rings. The van der Waals surface area contributed by atoms with Gasteiger partial charge >= 0.3 is 26.2 Å². The topological polar surface area (TPSA) is 14.1 Å². The van der Waals surface area contributed by atoms with Gasteiger partial charge in [0.05, 0.1) is 0 Å². The predicted molar refractivity (Wildman–Crippen MR) is 124 cm³/mol. The zero-order valence-electron chi connectivity index (χ0n) is 18.4. The molecule has 0 N–H and O–H groups in total. The van der Waals surface area contributed by atoms with E-state index in [2.05, 4.69) is 38.1 Å². The van der Waals surface area contributed by atoms with Crippen LogP contribution >= 0.6 is 0 Å². The average Bonchev–Trinajstić information content (AvgIpc) is 3.52. The first-order valence-corrected chi connectivity index (χ1v) is 11.4. The summed E-state index contributed by atoms with van der Waals surface area (Å²) in [6.07, 6.45) is 16.0. The molecule has 2 aliphatic rings. The van der Waals surface area contributed by atoms with Crippen LogP contribution < -0.4 is 0 Å². The van der Waals surface area contributed by atoms with Crippen LogP contribution in [0.1, 0.15) is 89.2 Å². The van der Waals surface area contributed by atoms with Crippen molar-refractivity contribution in [1.82, 2.24) is 0 Å². The second kappa shape index (κ2) is 16.9. The minimum Gasteiger partial charge on any atom is -0.680 e. The van der Waals surface area contributed by atoms with E-state index in [1.807, 2.05) is 36.4 Å². The van der Waals surface area contributed by atoms with Gasteiger partial charge in [-0.25, -0.2) is 0 Å². The minimum atomic E-state index is 0. The summed E-state index contributed by atoms with van der Waals surface area (Å²) in [6, 6.07) is 20.7. The van der Waals surface area contributed by atoms with Gasteiger partial charge in [0.25, 0.3) is 0 Å². The Morgan fingerprint density at radius 2 is 1.07 bits per heavy atom. The third-order valence-electron chi connectivity index (χ3n) is 5.66. The van der Waals surface area contributed by atoms with Gasteiger partial charge in [0, 0.05) is 0 Å². The van der Waals surface area contributed by atoms with E-state index in [1.165, 1.54) is 69.8 Å². The van der Waals surface area contributed by atoms with E-state index in [1.54, 1.807) is 0 Å². The Morgan fingerprint density at radius 1 is 0.690 bits per heavy atom. The summed E-state index contributed by atoms with van der Waals surface area (Å²) in [4.78, 5) is 0. The Balaban J connectivity index is 0.000000311. The second-order valence-electron chi connectivity index (χ2n) is 8.02. The summed E-state index contributed by atoms with van der Waals surface area (Å²) in [5.41, 5.74) is 2.26. The van der Waals surface area contributed by atoms with E-state index in [0.29, 0.717) is 5.92 Å². The van der Waals surface area contributed by atoms with E-state index >= 15 is 0 Å². The fraction of sp³-hybridized carbons (Fsp3) is 0.519. The molecular formula is C27H39NZr+2. The largest absolute Gasteiger partial charge is 4.00 e. The van der Waals surface area contributed by atoms with E-state index in [-0.39, 0.29) is 32.2 Å². The maximum atomic E-state index is 4.84. The van der Waals surface area contributed by atoms with Gasteiger partial charge in [0.2, 0.25) is 0 Å². The molecule has 0 unspecified atom stereocenters. The van der Waals surface area contributed by atoms with Crippen molar-refractivity contribution in [2.75, 3.05) is 0 Å². The van der Waals surface area contributed by atoms with Crippen LogP contribution in [-0.2, 0) is 26.2 Å². The van der Waals surface area contributed by atoms with Crippen LogP contribution in [-0.4, -0.2) is 0 Å². The van der Waals surface area contributed by atoms with Crippen LogP contribution in [0.15, 0.2) is 60.7 Å². The molecule has 2 saturated carbocycles. The summed E-state index contributed by atoms with van der Waals surface area (Å²) < 4.78 is 0. The van der Waals surface area contributed by atoms with Crippen molar-refractivity contribution in [3.8, 4) is 0 Å². The molecule has 154 valence electrons. The van der Waals surface area contributed by atoms with Crippen molar-refractivity contribution < 1.29 is 26.2 Å². The SMILES string of the molecule is C1CCCC1.C1CCCC1.[CH2-][C@H](CC)[C@H]([N-]c1ccccc1)c1ccccc1.[Zr+4]. The molecule has 0 heterocycles. The molecule has 0 aliphatic heterocycles. The fourth-order valence-corrected chi connectivity index (χ4v) is 3.77. The van der Waals surface area contributed by atoms with Gasteiger partial charge in [-0.05, 0) is 0 Å². The van der Waals surface area contributed by atoms with Gasteiger partial charge in [0.1, 0.15) is 0 Å². The Bertz CT molecular complexity index is 565. The van der Waals surface area contributed by atoms with Crippen LogP contribution in [0.25, 0.3) is 5.32 Å². The van der Waals surface area contributed by atoms with Gasteiger partial charge in [-0.15, -0.1) is 11.7 Å². The molecule has 2 aromatic carbocycles. The Hall–Kier alpha value is -0.877. The van der Waals surface area contributed by atoms with Crippen LogP contribution in [0.2, 0.25) is 0 Å². The predicted octanol–water partition coefficient (Wildman–Crippen LogP) is 9.19. The van der Waals surface area contributed by atoms with Crippen molar-refractivity contribution in [2.24, 2.45) is 5.92 Å². The summed E-state index contributed by atoms with van der Waals surface area (Å²) in [6.45, 7) is 6.40. The van der Waals surface area contributed by atoms with Crippen LogP contribution in [0.3, 0.4) is 0 Å². The van der Waals surface area contributed by atoms with Gasteiger partial charge in [-0.3, -0.25) is 0 Å². The maximum Gasteiger partial charge on any atom is 4.00 e. The number of nitrogens with zero attached hydrogens (tertiary/aromatic N) is 1. The van der Waals surface area contributed by atoms with Crippen LogP contribution in [0, 0.1) is 12.8 Å². The molecular weight excluding hydrogens is 430 g/mol. The zero-order valence-corrected chi connectivity index (χ0v) is 20.8. The molecule has 0 amide bonds. The van der Waals surface area contributed by atoms with E-state index in [0.717, 1.165) is 12.1 Å². The summed E-state index contributed by atoms with van der Waals surface area (Å²) in [5, 5.41) is 4.84.